The molecule has 0 spiro atoms. The lowest BCUT2D eigenvalue weighted by Gasteiger charge is -2.34. The summed E-state index contributed by atoms with van der Waals surface area (Å²) in [6.45, 7) is 12.0. The van der Waals surface area contributed by atoms with Gasteiger partial charge in [0.15, 0.2) is 5.65 Å². The maximum Gasteiger partial charge on any atom is 0.323 e. The van der Waals surface area contributed by atoms with Gasteiger partial charge in [-0.3, -0.25) is 9.18 Å². The summed E-state index contributed by atoms with van der Waals surface area (Å²) < 4.78 is 22.4. The Kier molecular flexibility index (Phi) is 5.74. The number of oxazole rings is 1. The van der Waals surface area contributed by atoms with E-state index in [1.807, 2.05) is 19.9 Å². The summed E-state index contributed by atoms with van der Waals surface area (Å²) >= 11 is 0. The molecule has 0 aliphatic carbocycles. The lowest BCUT2D eigenvalue weighted by Crippen LogP contribution is -2.42. The Morgan fingerprint density at radius 1 is 1.28 bits per heavy atom. The van der Waals surface area contributed by atoms with E-state index in [2.05, 4.69) is 51.6 Å². The lowest BCUT2D eigenvalue weighted by atomic mass is 9.85. The second-order valence-corrected chi connectivity index (χ2v) is 10.8. The number of hydrogen-bond acceptors (Lipinski definition) is 7. The van der Waals surface area contributed by atoms with Gasteiger partial charge in [-0.25, -0.2) is 9.67 Å². The molecule has 1 aromatic carbocycles. The predicted octanol–water partition coefficient (Wildman–Crippen LogP) is 4.52. The van der Waals surface area contributed by atoms with Crippen LogP contribution >= 0.6 is 0 Å². The van der Waals surface area contributed by atoms with Crippen LogP contribution in [-0.4, -0.2) is 37.5 Å². The van der Waals surface area contributed by atoms with Crippen molar-refractivity contribution in [1.29, 1.82) is 0 Å². The molecule has 9 nitrogen and oxygen atoms in total. The number of benzene rings is 1. The number of anilines is 2. The van der Waals surface area contributed by atoms with Gasteiger partial charge in [-0.15, -0.1) is 0 Å². The van der Waals surface area contributed by atoms with E-state index in [0.717, 1.165) is 18.7 Å². The molecule has 0 radical (unpaired) electrons. The monoisotopic (exact) mass is 493 g/mol. The Balaban J connectivity index is 1.59. The van der Waals surface area contributed by atoms with Crippen molar-refractivity contribution in [2.45, 2.75) is 65.0 Å². The topological polar surface area (TPSA) is 103 Å². The molecule has 3 aromatic heterocycles. The lowest BCUT2D eigenvalue weighted by molar-refractivity contribution is 0.343. The van der Waals surface area contributed by atoms with Crippen LogP contribution in [-0.2, 0) is 17.4 Å². The molecule has 5 rings (SSSR count). The predicted molar refractivity (Wildman–Crippen MR) is 137 cm³/mol. The van der Waals surface area contributed by atoms with Gasteiger partial charge in [-0.05, 0) is 63.9 Å². The molecule has 0 atom stereocenters. The molecule has 0 unspecified atom stereocenters. The minimum atomic E-state index is -0.814. The van der Waals surface area contributed by atoms with E-state index in [9.17, 15) is 9.18 Å². The zero-order valence-electron chi connectivity index (χ0n) is 21.5. The van der Waals surface area contributed by atoms with Crippen molar-refractivity contribution in [3.63, 3.8) is 0 Å². The smallest absolute Gasteiger partial charge is 0.323 e. The van der Waals surface area contributed by atoms with Crippen LogP contribution in [0.1, 0.15) is 64.4 Å². The van der Waals surface area contributed by atoms with Crippen LogP contribution in [0.4, 0.5) is 16.0 Å². The molecule has 36 heavy (non-hydrogen) atoms. The summed E-state index contributed by atoms with van der Waals surface area (Å²) in [6, 6.07) is 6.20. The van der Waals surface area contributed by atoms with Crippen LogP contribution in [0.15, 0.2) is 39.9 Å². The van der Waals surface area contributed by atoms with Gasteiger partial charge < -0.3 is 15.1 Å². The summed E-state index contributed by atoms with van der Waals surface area (Å²) in [5.41, 5.74) is 3.09. The van der Waals surface area contributed by atoms with E-state index in [4.69, 9.17) is 4.42 Å². The van der Waals surface area contributed by atoms with Gasteiger partial charge >= 0.3 is 6.01 Å². The molecular formula is C26H32FN7O2. The first-order chi connectivity index (χ1) is 17.0. The maximum atomic E-state index is 13.6. The first-order valence-corrected chi connectivity index (χ1v) is 12.2. The minimum absolute atomic E-state index is 0.0804. The second kappa shape index (κ2) is 8.55. The SMILES string of the molecule is CC(C)n1c(=O)c2cnc(Nc3ccc4c(c3)CCNC4(C)C)nc2n1-c1nc(C(C)(C)CF)co1. The van der Waals surface area contributed by atoms with Crippen LogP contribution in [0.5, 0.6) is 0 Å². The molecular weight excluding hydrogens is 461 g/mol. The Labute approximate surface area is 208 Å². The van der Waals surface area contributed by atoms with Crippen LogP contribution in [0.2, 0.25) is 0 Å². The molecule has 0 bridgehead atoms. The number of nitrogens with zero attached hydrogens (tertiary/aromatic N) is 5. The average molecular weight is 494 g/mol. The van der Waals surface area contributed by atoms with Gasteiger partial charge in [-0.2, -0.15) is 14.6 Å². The number of nitrogens with one attached hydrogen (secondary N) is 2. The first kappa shape index (κ1) is 24.2. The Hall–Kier alpha value is -3.53. The Morgan fingerprint density at radius 3 is 2.78 bits per heavy atom. The van der Waals surface area contributed by atoms with Gasteiger partial charge in [0.25, 0.3) is 5.56 Å². The molecule has 190 valence electrons. The summed E-state index contributed by atoms with van der Waals surface area (Å²) in [5, 5.41) is 7.17. The van der Waals surface area contributed by atoms with Crippen LogP contribution < -0.4 is 16.2 Å². The minimum Gasteiger partial charge on any atom is -0.430 e. The van der Waals surface area contributed by atoms with Crippen molar-refractivity contribution in [2.75, 3.05) is 18.5 Å². The van der Waals surface area contributed by atoms with Gasteiger partial charge in [0, 0.05) is 28.9 Å². The molecule has 1 aliphatic rings. The number of halogens is 1. The fourth-order valence-corrected chi connectivity index (χ4v) is 4.67. The molecule has 4 heterocycles. The van der Waals surface area contributed by atoms with Crippen LogP contribution in [0, 0.1) is 0 Å². The molecule has 0 fully saturated rings. The van der Waals surface area contributed by atoms with E-state index in [1.165, 1.54) is 28.3 Å². The van der Waals surface area contributed by atoms with E-state index in [1.54, 1.807) is 18.5 Å². The van der Waals surface area contributed by atoms with E-state index < -0.39 is 12.1 Å². The summed E-state index contributed by atoms with van der Waals surface area (Å²) in [4.78, 5) is 26.8. The molecule has 10 heteroatoms. The van der Waals surface area contributed by atoms with Crippen molar-refractivity contribution in [3.8, 4) is 6.01 Å². The van der Waals surface area contributed by atoms with E-state index in [-0.39, 0.29) is 23.2 Å². The molecule has 1 aliphatic heterocycles. The van der Waals surface area contributed by atoms with E-state index >= 15 is 0 Å². The number of aromatic nitrogens is 5. The number of fused-ring (bicyclic) bond motifs is 2. The Morgan fingerprint density at radius 2 is 2.06 bits per heavy atom. The van der Waals surface area contributed by atoms with Crippen molar-refractivity contribution in [3.05, 3.63) is 57.8 Å². The van der Waals surface area contributed by atoms with Crippen molar-refractivity contribution >= 4 is 22.7 Å². The molecule has 2 N–H and O–H groups in total. The average Bonchev–Trinajstić information content (AvgIpc) is 3.42. The van der Waals surface area contributed by atoms with Crippen molar-refractivity contribution in [1.82, 2.24) is 29.6 Å². The third-order valence-electron chi connectivity index (χ3n) is 6.81. The molecule has 0 saturated heterocycles. The highest BCUT2D eigenvalue weighted by atomic mass is 19.1. The highest BCUT2D eigenvalue weighted by Gasteiger charge is 2.29. The van der Waals surface area contributed by atoms with Gasteiger partial charge in [0.1, 0.15) is 18.3 Å². The highest BCUT2D eigenvalue weighted by molar-refractivity contribution is 5.76. The highest BCUT2D eigenvalue weighted by Crippen LogP contribution is 2.31. The van der Waals surface area contributed by atoms with Gasteiger partial charge in [0.2, 0.25) is 5.95 Å². The standard InChI is InChI=1S/C26H32FN7O2/c1-15(2)33-22(35)18-12-28-23(30-17-7-8-19-16(11-17)9-10-29-26(19,5)6)32-21(18)34(33)24-31-20(13-36-24)25(3,4)14-27/h7-8,11-13,15,29H,9-10,14H2,1-6H3,(H,28,30,32). The zero-order chi connectivity index (χ0) is 25.8. The van der Waals surface area contributed by atoms with Crippen LogP contribution in [0.3, 0.4) is 0 Å². The molecule has 0 amide bonds. The summed E-state index contributed by atoms with van der Waals surface area (Å²) in [7, 11) is 0. The fourth-order valence-electron chi connectivity index (χ4n) is 4.67. The Bertz CT molecular complexity index is 1500. The molecule has 0 saturated carbocycles. The van der Waals surface area contributed by atoms with Gasteiger partial charge in [-0.1, -0.05) is 19.9 Å². The number of hydrogen-bond donors (Lipinski definition) is 2. The maximum absolute atomic E-state index is 13.6. The third kappa shape index (κ3) is 3.99. The van der Waals surface area contributed by atoms with E-state index in [0.29, 0.717) is 22.7 Å². The van der Waals surface area contributed by atoms with Crippen molar-refractivity contribution in [2.24, 2.45) is 0 Å². The zero-order valence-corrected chi connectivity index (χ0v) is 21.5. The van der Waals surface area contributed by atoms with Gasteiger partial charge in [0.05, 0.1) is 5.69 Å². The second-order valence-electron chi connectivity index (χ2n) is 10.8. The number of rotatable bonds is 6. The first-order valence-electron chi connectivity index (χ1n) is 12.2. The largest absolute Gasteiger partial charge is 0.430 e. The number of alkyl halides is 1. The summed E-state index contributed by atoms with van der Waals surface area (Å²) in [6.07, 6.45) is 3.88. The molecule has 4 aromatic rings. The summed E-state index contributed by atoms with van der Waals surface area (Å²) in [5.74, 6) is 0.348. The van der Waals surface area contributed by atoms with Crippen LogP contribution in [0.25, 0.3) is 17.0 Å². The van der Waals surface area contributed by atoms with Crippen molar-refractivity contribution < 1.29 is 8.81 Å². The fraction of sp³-hybridized carbons (Fsp3) is 0.462. The quantitative estimate of drug-likeness (QED) is 0.407. The third-order valence-corrected chi connectivity index (χ3v) is 6.81. The normalized spacial score (nSPS) is 15.4.